The van der Waals surface area contributed by atoms with E-state index in [4.69, 9.17) is 16.1 Å². The number of aromatic nitrogens is 1. The Labute approximate surface area is 158 Å². The Balaban J connectivity index is 2.03. The van der Waals surface area contributed by atoms with Gasteiger partial charge in [0, 0.05) is 16.7 Å². The van der Waals surface area contributed by atoms with E-state index in [-0.39, 0.29) is 22.6 Å². The van der Waals surface area contributed by atoms with Crippen LogP contribution in [0.4, 0.5) is 8.78 Å². The molecule has 3 nitrogen and oxygen atoms in total. The van der Waals surface area contributed by atoms with Crippen LogP contribution in [0.5, 0.6) is 5.75 Å². The maximum absolute atomic E-state index is 14.6. The zero-order valence-electron chi connectivity index (χ0n) is 13.8. The molecule has 0 saturated heterocycles. The van der Waals surface area contributed by atoms with E-state index in [0.717, 1.165) is 18.2 Å². The quantitative estimate of drug-likeness (QED) is 0.450. The number of rotatable bonds is 3. The summed E-state index contributed by atoms with van der Waals surface area (Å²) < 4.78 is 33.9. The summed E-state index contributed by atoms with van der Waals surface area (Å²) in [6, 6.07) is 16.3. The van der Waals surface area contributed by atoms with E-state index in [1.54, 1.807) is 36.4 Å². The van der Waals surface area contributed by atoms with E-state index in [9.17, 15) is 13.9 Å². The molecule has 4 aromatic rings. The van der Waals surface area contributed by atoms with Crippen molar-refractivity contribution in [1.82, 2.24) is 5.16 Å². The Hall–Kier alpha value is -3.18. The van der Waals surface area contributed by atoms with Crippen LogP contribution in [0, 0.1) is 11.6 Å². The second-order valence-electron chi connectivity index (χ2n) is 5.89. The average molecular weight is 384 g/mol. The lowest BCUT2D eigenvalue weighted by Gasteiger charge is -2.08. The summed E-state index contributed by atoms with van der Waals surface area (Å²) in [5.41, 5.74) is 1.68. The molecule has 4 rings (SSSR count). The van der Waals surface area contributed by atoms with Crippen molar-refractivity contribution in [3.05, 3.63) is 83.4 Å². The van der Waals surface area contributed by atoms with Crippen molar-refractivity contribution in [3.8, 4) is 39.5 Å². The van der Waals surface area contributed by atoms with Crippen LogP contribution in [0.2, 0.25) is 5.02 Å². The molecular formula is C21H12ClF2NO2. The summed E-state index contributed by atoms with van der Waals surface area (Å²) in [6.45, 7) is 0. The van der Waals surface area contributed by atoms with Crippen molar-refractivity contribution < 1.29 is 18.4 Å². The summed E-state index contributed by atoms with van der Waals surface area (Å²) in [5, 5.41) is 14.0. The molecule has 0 amide bonds. The van der Waals surface area contributed by atoms with Gasteiger partial charge in [-0.3, -0.25) is 0 Å². The first-order valence-electron chi connectivity index (χ1n) is 8.04. The number of hydrogen-bond acceptors (Lipinski definition) is 3. The van der Waals surface area contributed by atoms with E-state index < -0.39 is 11.6 Å². The van der Waals surface area contributed by atoms with E-state index >= 15 is 0 Å². The predicted octanol–water partition coefficient (Wildman–Crippen LogP) is 6.31. The summed E-state index contributed by atoms with van der Waals surface area (Å²) in [7, 11) is 0. The average Bonchev–Trinajstić information content (AvgIpc) is 3.09. The Bertz CT molecular complexity index is 1120. The summed E-state index contributed by atoms with van der Waals surface area (Å²) >= 11 is 6.28. The molecule has 0 aliphatic carbocycles. The molecule has 0 saturated carbocycles. The molecule has 0 fully saturated rings. The lowest BCUT2D eigenvalue weighted by molar-refractivity contribution is 0.435. The number of nitrogens with zero attached hydrogens (tertiary/aromatic N) is 1. The van der Waals surface area contributed by atoms with Crippen LogP contribution in [0.15, 0.2) is 71.3 Å². The minimum Gasteiger partial charge on any atom is -0.508 e. The molecule has 27 heavy (non-hydrogen) atoms. The van der Waals surface area contributed by atoms with Crippen molar-refractivity contribution in [2.45, 2.75) is 0 Å². The van der Waals surface area contributed by atoms with Gasteiger partial charge in [-0.1, -0.05) is 35.0 Å². The number of phenols is 1. The Morgan fingerprint density at radius 2 is 1.63 bits per heavy atom. The molecule has 0 spiro atoms. The van der Waals surface area contributed by atoms with Crippen LogP contribution in [0.1, 0.15) is 0 Å². The molecule has 1 N–H and O–H groups in total. The summed E-state index contributed by atoms with van der Waals surface area (Å²) in [6.07, 6.45) is 0. The molecule has 6 heteroatoms. The fourth-order valence-corrected chi connectivity index (χ4v) is 3.10. The standard InChI is InChI=1S/C21H12ClF2NO2/c22-17-4-2-1-3-15(17)20-19(16-11-13(23)7-10-18(16)24)21(27-25-20)12-5-8-14(26)9-6-12/h1-11,26H. The first kappa shape index (κ1) is 17.2. The Morgan fingerprint density at radius 1 is 0.889 bits per heavy atom. The number of halogens is 3. The topological polar surface area (TPSA) is 46.3 Å². The summed E-state index contributed by atoms with van der Waals surface area (Å²) in [4.78, 5) is 0. The SMILES string of the molecule is Oc1ccc(-c2onc(-c3ccccc3Cl)c2-c2cc(F)ccc2F)cc1. The molecule has 0 atom stereocenters. The third-order valence-electron chi connectivity index (χ3n) is 4.15. The molecule has 0 aliphatic rings. The van der Waals surface area contributed by atoms with Gasteiger partial charge in [-0.15, -0.1) is 0 Å². The van der Waals surface area contributed by atoms with Crippen LogP contribution >= 0.6 is 11.6 Å². The van der Waals surface area contributed by atoms with Gasteiger partial charge < -0.3 is 9.63 Å². The fraction of sp³-hybridized carbons (Fsp3) is 0. The monoisotopic (exact) mass is 383 g/mol. The van der Waals surface area contributed by atoms with Gasteiger partial charge in [0.05, 0.1) is 10.6 Å². The third-order valence-corrected chi connectivity index (χ3v) is 4.48. The van der Waals surface area contributed by atoms with Gasteiger partial charge in [-0.05, 0) is 48.5 Å². The molecule has 0 aliphatic heterocycles. The highest BCUT2D eigenvalue weighted by Gasteiger charge is 2.24. The van der Waals surface area contributed by atoms with E-state index in [1.807, 2.05) is 0 Å². The van der Waals surface area contributed by atoms with Crippen molar-refractivity contribution in [2.75, 3.05) is 0 Å². The zero-order valence-corrected chi connectivity index (χ0v) is 14.5. The first-order chi connectivity index (χ1) is 13.0. The smallest absolute Gasteiger partial charge is 0.175 e. The van der Waals surface area contributed by atoms with Gasteiger partial charge in [0.2, 0.25) is 0 Å². The van der Waals surface area contributed by atoms with Crippen molar-refractivity contribution >= 4 is 11.6 Å². The van der Waals surface area contributed by atoms with E-state index in [0.29, 0.717) is 21.8 Å². The van der Waals surface area contributed by atoms with Gasteiger partial charge in [-0.2, -0.15) is 0 Å². The number of benzene rings is 3. The fourth-order valence-electron chi connectivity index (χ4n) is 2.88. The molecule has 0 radical (unpaired) electrons. The second-order valence-corrected chi connectivity index (χ2v) is 6.29. The van der Waals surface area contributed by atoms with Crippen molar-refractivity contribution in [1.29, 1.82) is 0 Å². The predicted molar refractivity (Wildman–Crippen MR) is 99.4 cm³/mol. The van der Waals surface area contributed by atoms with Gasteiger partial charge >= 0.3 is 0 Å². The van der Waals surface area contributed by atoms with Crippen LogP contribution < -0.4 is 0 Å². The minimum atomic E-state index is -0.618. The van der Waals surface area contributed by atoms with Crippen LogP contribution in [0.25, 0.3) is 33.7 Å². The molecular weight excluding hydrogens is 372 g/mol. The van der Waals surface area contributed by atoms with Gasteiger partial charge in [0.25, 0.3) is 0 Å². The maximum atomic E-state index is 14.6. The van der Waals surface area contributed by atoms with Gasteiger partial charge in [0.15, 0.2) is 5.76 Å². The summed E-state index contributed by atoms with van der Waals surface area (Å²) in [5.74, 6) is -0.889. The van der Waals surface area contributed by atoms with Crippen LogP contribution in [-0.2, 0) is 0 Å². The zero-order chi connectivity index (χ0) is 19.0. The lowest BCUT2D eigenvalue weighted by atomic mass is 9.96. The number of aromatic hydroxyl groups is 1. The molecule has 0 unspecified atom stereocenters. The second kappa shape index (κ2) is 6.85. The van der Waals surface area contributed by atoms with Gasteiger partial charge in [-0.25, -0.2) is 8.78 Å². The Kier molecular flexibility index (Phi) is 4.38. The molecule has 1 aromatic heterocycles. The number of hydrogen-bond donors (Lipinski definition) is 1. The lowest BCUT2D eigenvalue weighted by Crippen LogP contribution is -1.91. The molecule has 0 bridgehead atoms. The van der Waals surface area contributed by atoms with Crippen LogP contribution in [0.3, 0.4) is 0 Å². The number of phenolic OH excluding ortho intramolecular Hbond substituents is 1. The minimum absolute atomic E-state index is 0.00856. The highest BCUT2D eigenvalue weighted by Crippen LogP contribution is 2.43. The largest absolute Gasteiger partial charge is 0.508 e. The van der Waals surface area contributed by atoms with Crippen molar-refractivity contribution in [2.24, 2.45) is 0 Å². The van der Waals surface area contributed by atoms with Crippen LogP contribution in [-0.4, -0.2) is 10.3 Å². The third kappa shape index (κ3) is 3.17. The molecule has 1 heterocycles. The maximum Gasteiger partial charge on any atom is 0.175 e. The van der Waals surface area contributed by atoms with E-state index in [1.165, 1.54) is 12.1 Å². The normalized spacial score (nSPS) is 10.9. The van der Waals surface area contributed by atoms with E-state index in [2.05, 4.69) is 5.16 Å². The molecule has 3 aromatic carbocycles. The highest BCUT2D eigenvalue weighted by atomic mass is 35.5. The molecule has 134 valence electrons. The van der Waals surface area contributed by atoms with Gasteiger partial charge in [0.1, 0.15) is 23.1 Å². The highest BCUT2D eigenvalue weighted by molar-refractivity contribution is 6.33. The van der Waals surface area contributed by atoms with Crippen molar-refractivity contribution in [3.63, 3.8) is 0 Å². The first-order valence-corrected chi connectivity index (χ1v) is 8.42. The Morgan fingerprint density at radius 3 is 2.37 bits per heavy atom.